The number of fused-ring (bicyclic) bond motifs is 1. The van der Waals surface area contributed by atoms with Crippen molar-refractivity contribution in [1.29, 1.82) is 0 Å². The average molecular weight is 381 g/mol. The summed E-state index contributed by atoms with van der Waals surface area (Å²) in [6, 6.07) is 6.55. The van der Waals surface area contributed by atoms with Crippen LogP contribution in [-0.4, -0.2) is 14.4 Å². The number of hydrogen-bond acceptors (Lipinski definition) is 1. The lowest BCUT2D eigenvalue weighted by Crippen LogP contribution is -2.44. The molecule has 0 radical (unpaired) electrons. The maximum atomic E-state index is 6.75. The third kappa shape index (κ3) is 3.57. The van der Waals surface area contributed by atoms with Crippen molar-refractivity contribution in [2.45, 2.75) is 71.2 Å². The fourth-order valence-corrected chi connectivity index (χ4v) is 4.77. The van der Waals surface area contributed by atoms with Crippen LogP contribution in [0.5, 0.6) is 0 Å². The smallest absolute Gasteiger partial charge is 0.192 e. The maximum absolute atomic E-state index is 6.75. The molecule has 1 aromatic carbocycles. The predicted octanol–water partition coefficient (Wildman–Crippen LogP) is 6.58. The Morgan fingerprint density at radius 2 is 1.95 bits per heavy atom. The standard InChI is InChI=1S/C19H29BrOSi/c1-7-17(21-22(5,6)19(2,3)4)15-12-8-10-14-11-9-13-16(20)18(14)15/h9,11-13,17H,7-8,10H2,1-6H3. The predicted molar refractivity (Wildman–Crippen MR) is 103 cm³/mol. The van der Waals surface area contributed by atoms with E-state index < -0.39 is 8.32 Å². The molecule has 1 aromatic rings. The molecule has 0 bridgehead atoms. The van der Waals surface area contributed by atoms with Crippen LogP contribution in [0.1, 0.15) is 51.7 Å². The van der Waals surface area contributed by atoms with Crippen LogP contribution in [0.15, 0.2) is 28.7 Å². The van der Waals surface area contributed by atoms with Crippen molar-refractivity contribution < 1.29 is 4.43 Å². The summed E-state index contributed by atoms with van der Waals surface area (Å²) < 4.78 is 7.95. The quantitative estimate of drug-likeness (QED) is 0.535. The molecular weight excluding hydrogens is 352 g/mol. The Kier molecular flexibility index (Phi) is 5.41. The highest BCUT2D eigenvalue weighted by molar-refractivity contribution is 9.10. The van der Waals surface area contributed by atoms with Crippen LogP contribution in [-0.2, 0) is 10.8 Å². The number of benzene rings is 1. The summed E-state index contributed by atoms with van der Waals surface area (Å²) in [5.41, 5.74) is 4.21. The fraction of sp³-hybridized carbons (Fsp3) is 0.579. The molecule has 0 spiro atoms. The molecule has 3 heteroatoms. The minimum atomic E-state index is -1.77. The highest BCUT2D eigenvalue weighted by Crippen LogP contribution is 2.42. The summed E-state index contributed by atoms with van der Waals surface area (Å²) >= 11 is 3.75. The first-order valence-electron chi connectivity index (χ1n) is 8.33. The van der Waals surface area contributed by atoms with Crippen molar-refractivity contribution in [3.05, 3.63) is 39.9 Å². The zero-order valence-corrected chi connectivity index (χ0v) is 17.4. The van der Waals surface area contributed by atoms with Gasteiger partial charge >= 0.3 is 0 Å². The summed E-state index contributed by atoms with van der Waals surface area (Å²) in [5, 5.41) is 0.242. The number of allylic oxidation sites excluding steroid dienone is 1. The van der Waals surface area contributed by atoms with Crippen molar-refractivity contribution in [2.75, 3.05) is 0 Å². The minimum Gasteiger partial charge on any atom is -0.410 e. The van der Waals surface area contributed by atoms with E-state index in [4.69, 9.17) is 4.43 Å². The molecule has 1 aliphatic carbocycles. The molecule has 0 saturated carbocycles. The van der Waals surface area contributed by atoms with Gasteiger partial charge in [-0.25, -0.2) is 0 Å². The van der Waals surface area contributed by atoms with Gasteiger partial charge in [0.15, 0.2) is 8.32 Å². The minimum absolute atomic E-state index is 0.207. The van der Waals surface area contributed by atoms with Crippen molar-refractivity contribution in [2.24, 2.45) is 0 Å². The lowest BCUT2D eigenvalue weighted by Gasteiger charge is -2.40. The van der Waals surface area contributed by atoms with Gasteiger partial charge in [-0.05, 0) is 60.2 Å². The zero-order chi connectivity index (χ0) is 16.5. The van der Waals surface area contributed by atoms with Gasteiger partial charge < -0.3 is 4.43 Å². The molecule has 1 aliphatic rings. The van der Waals surface area contributed by atoms with Crippen LogP contribution in [0.25, 0.3) is 5.57 Å². The lowest BCUT2D eigenvalue weighted by atomic mass is 9.87. The highest BCUT2D eigenvalue weighted by Gasteiger charge is 2.40. The van der Waals surface area contributed by atoms with Crippen molar-refractivity contribution in [3.8, 4) is 0 Å². The summed E-state index contributed by atoms with van der Waals surface area (Å²) in [5.74, 6) is 0. The van der Waals surface area contributed by atoms with Crippen LogP contribution >= 0.6 is 15.9 Å². The maximum Gasteiger partial charge on any atom is 0.192 e. The first-order chi connectivity index (χ1) is 10.2. The van der Waals surface area contributed by atoms with E-state index in [2.05, 4.69) is 81.0 Å². The van der Waals surface area contributed by atoms with Gasteiger partial charge in [0.1, 0.15) is 0 Å². The molecule has 0 heterocycles. The lowest BCUT2D eigenvalue weighted by molar-refractivity contribution is 0.228. The van der Waals surface area contributed by atoms with Gasteiger partial charge in [0.2, 0.25) is 0 Å². The molecule has 0 N–H and O–H groups in total. The second kappa shape index (κ2) is 6.62. The van der Waals surface area contributed by atoms with Gasteiger partial charge in [-0.1, -0.05) is 61.8 Å². The van der Waals surface area contributed by atoms with E-state index in [1.807, 2.05) is 0 Å². The van der Waals surface area contributed by atoms with E-state index in [0.29, 0.717) is 0 Å². The Morgan fingerprint density at radius 3 is 2.55 bits per heavy atom. The number of aryl methyl sites for hydroxylation is 1. The number of rotatable bonds is 4. The first-order valence-corrected chi connectivity index (χ1v) is 12.0. The topological polar surface area (TPSA) is 9.23 Å². The van der Waals surface area contributed by atoms with Gasteiger partial charge in [0.05, 0.1) is 6.10 Å². The number of halogens is 1. The highest BCUT2D eigenvalue weighted by atomic mass is 79.9. The Bertz CT molecular complexity index is 569. The van der Waals surface area contributed by atoms with E-state index in [1.165, 1.54) is 21.2 Å². The van der Waals surface area contributed by atoms with Gasteiger partial charge in [-0.2, -0.15) is 0 Å². The summed E-state index contributed by atoms with van der Waals surface area (Å²) in [6.07, 6.45) is 5.89. The van der Waals surface area contributed by atoms with E-state index in [9.17, 15) is 0 Å². The SMILES string of the molecule is CCC(O[Si](C)(C)C(C)(C)C)C1=CCCc2cccc(Br)c21. The molecule has 122 valence electrons. The van der Waals surface area contributed by atoms with Crippen LogP contribution in [0.3, 0.4) is 0 Å². The van der Waals surface area contributed by atoms with Crippen LogP contribution < -0.4 is 0 Å². The van der Waals surface area contributed by atoms with E-state index >= 15 is 0 Å². The first kappa shape index (κ1) is 18.0. The average Bonchev–Trinajstić information content (AvgIpc) is 2.43. The summed E-state index contributed by atoms with van der Waals surface area (Å²) in [4.78, 5) is 0. The summed E-state index contributed by atoms with van der Waals surface area (Å²) in [7, 11) is -1.77. The molecule has 0 amide bonds. The van der Waals surface area contributed by atoms with Gasteiger partial charge in [0.25, 0.3) is 0 Å². The zero-order valence-electron chi connectivity index (χ0n) is 14.8. The third-order valence-corrected chi connectivity index (χ3v) is 10.3. The molecule has 2 rings (SSSR count). The normalized spacial score (nSPS) is 17.0. The Balaban J connectivity index is 2.36. The second-order valence-electron chi connectivity index (χ2n) is 7.75. The Hall–Kier alpha value is -0.383. The Morgan fingerprint density at radius 1 is 1.27 bits per heavy atom. The Labute approximate surface area is 145 Å². The molecular formula is C19H29BrOSi. The van der Waals surface area contributed by atoms with Crippen LogP contribution in [0.4, 0.5) is 0 Å². The molecule has 1 atom stereocenters. The molecule has 0 fully saturated rings. The molecule has 1 nitrogen and oxygen atoms in total. The second-order valence-corrected chi connectivity index (χ2v) is 13.4. The van der Waals surface area contributed by atoms with E-state index in [-0.39, 0.29) is 11.1 Å². The van der Waals surface area contributed by atoms with Crippen LogP contribution in [0.2, 0.25) is 18.1 Å². The number of hydrogen-bond donors (Lipinski definition) is 0. The van der Waals surface area contributed by atoms with Crippen molar-refractivity contribution in [1.82, 2.24) is 0 Å². The van der Waals surface area contributed by atoms with Crippen LogP contribution in [0, 0.1) is 0 Å². The van der Waals surface area contributed by atoms with Crippen molar-refractivity contribution in [3.63, 3.8) is 0 Å². The molecule has 1 unspecified atom stereocenters. The monoisotopic (exact) mass is 380 g/mol. The van der Waals surface area contributed by atoms with Gasteiger partial charge in [-0.3, -0.25) is 0 Å². The fourth-order valence-electron chi connectivity index (χ4n) is 2.78. The largest absolute Gasteiger partial charge is 0.410 e. The third-order valence-electron chi connectivity index (χ3n) is 5.13. The van der Waals surface area contributed by atoms with Gasteiger partial charge in [0, 0.05) is 4.47 Å². The summed E-state index contributed by atoms with van der Waals surface area (Å²) in [6.45, 7) is 13.9. The molecule has 0 aliphatic heterocycles. The van der Waals surface area contributed by atoms with E-state index in [1.54, 1.807) is 0 Å². The molecule has 22 heavy (non-hydrogen) atoms. The molecule has 0 aromatic heterocycles. The van der Waals surface area contributed by atoms with Gasteiger partial charge in [-0.15, -0.1) is 0 Å². The van der Waals surface area contributed by atoms with E-state index in [0.717, 1.165) is 19.3 Å². The van der Waals surface area contributed by atoms with Crippen molar-refractivity contribution >= 4 is 29.8 Å². The molecule has 0 saturated heterocycles.